The van der Waals surface area contributed by atoms with Gasteiger partial charge < -0.3 is 10.5 Å². The molecule has 1 atom stereocenters. The summed E-state index contributed by atoms with van der Waals surface area (Å²) < 4.78 is 6.71. The van der Waals surface area contributed by atoms with Crippen molar-refractivity contribution < 1.29 is 9.53 Å². The second kappa shape index (κ2) is 5.70. The second-order valence-electron chi connectivity index (χ2n) is 4.30. The average molecular weight is 239 g/mol. The molecule has 0 spiro atoms. The van der Waals surface area contributed by atoms with Crippen molar-refractivity contribution in [2.45, 2.75) is 33.6 Å². The minimum absolute atomic E-state index is 0.352. The van der Waals surface area contributed by atoms with Crippen LogP contribution >= 0.6 is 0 Å². The molecule has 0 saturated carbocycles. The maximum atomic E-state index is 11.9. The van der Waals surface area contributed by atoms with E-state index in [1.54, 1.807) is 7.05 Å². The van der Waals surface area contributed by atoms with Gasteiger partial charge in [-0.3, -0.25) is 4.68 Å². The summed E-state index contributed by atoms with van der Waals surface area (Å²) in [4.78, 5) is 11.9. The number of carbonyl (C=O) groups excluding carboxylic acids is 1. The predicted molar refractivity (Wildman–Crippen MR) is 66.7 cm³/mol. The molecule has 0 aliphatic rings. The van der Waals surface area contributed by atoms with Crippen LogP contribution in [0.2, 0.25) is 0 Å². The number of rotatable bonds is 5. The Bertz CT molecular complexity index is 399. The number of hydrogen-bond donors (Lipinski definition) is 1. The van der Waals surface area contributed by atoms with Crippen LogP contribution < -0.4 is 5.73 Å². The molecule has 1 heterocycles. The molecule has 0 bridgehead atoms. The van der Waals surface area contributed by atoms with Crippen molar-refractivity contribution in [3.8, 4) is 0 Å². The van der Waals surface area contributed by atoms with Gasteiger partial charge in [0.15, 0.2) is 5.69 Å². The Hall–Kier alpha value is -1.52. The Morgan fingerprint density at radius 1 is 1.53 bits per heavy atom. The van der Waals surface area contributed by atoms with Crippen molar-refractivity contribution in [2.75, 3.05) is 12.3 Å². The first-order chi connectivity index (χ1) is 8.01. The summed E-state index contributed by atoms with van der Waals surface area (Å²) in [5, 5.41) is 4.19. The molecule has 1 rings (SSSR count). The molecule has 0 aliphatic heterocycles. The molecular formula is C12H21N3O2. The molecule has 0 aliphatic carbocycles. The number of ether oxygens (including phenoxy) is 1. The average Bonchev–Trinajstić information content (AvgIpc) is 2.60. The number of nitrogen functional groups attached to an aromatic ring is 1. The first kappa shape index (κ1) is 13.5. The third kappa shape index (κ3) is 2.99. The van der Waals surface area contributed by atoms with Crippen LogP contribution in [0, 0.1) is 5.92 Å². The van der Waals surface area contributed by atoms with E-state index in [4.69, 9.17) is 10.5 Å². The molecule has 1 aromatic heterocycles. The van der Waals surface area contributed by atoms with Crippen LogP contribution in [0.15, 0.2) is 0 Å². The summed E-state index contributed by atoms with van der Waals surface area (Å²) in [6.07, 6.45) is 1.69. The zero-order chi connectivity index (χ0) is 13.0. The molecule has 1 aromatic rings. The first-order valence-electron chi connectivity index (χ1n) is 5.99. The number of hydrogen-bond acceptors (Lipinski definition) is 4. The van der Waals surface area contributed by atoms with Crippen LogP contribution in [-0.4, -0.2) is 22.4 Å². The van der Waals surface area contributed by atoms with E-state index in [0.29, 0.717) is 30.3 Å². The van der Waals surface area contributed by atoms with Crippen LogP contribution in [0.5, 0.6) is 0 Å². The predicted octanol–water partition coefficient (Wildman–Crippen LogP) is 1.77. The molecule has 0 radical (unpaired) electrons. The fourth-order valence-corrected chi connectivity index (χ4v) is 1.50. The van der Waals surface area contributed by atoms with Crippen molar-refractivity contribution in [2.24, 2.45) is 13.0 Å². The zero-order valence-corrected chi connectivity index (χ0v) is 11.0. The van der Waals surface area contributed by atoms with Gasteiger partial charge in [-0.15, -0.1) is 0 Å². The Morgan fingerprint density at radius 3 is 2.65 bits per heavy atom. The smallest absolute Gasteiger partial charge is 0.358 e. The molecular weight excluding hydrogens is 218 g/mol. The lowest BCUT2D eigenvalue weighted by Gasteiger charge is -2.09. The maximum Gasteiger partial charge on any atom is 0.358 e. The van der Waals surface area contributed by atoms with Crippen LogP contribution in [0.1, 0.15) is 43.4 Å². The van der Waals surface area contributed by atoms with E-state index in [9.17, 15) is 4.79 Å². The van der Waals surface area contributed by atoms with Crippen LogP contribution in [0.3, 0.4) is 0 Å². The first-order valence-corrected chi connectivity index (χ1v) is 5.99. The van der Waals surface area contributed by atoms with E-state index in [0.717, 1.165) is 12.1 Å². The highest BCUT2D eigenvalue weighted by Gasteiger charge is 2.20. The van der Waals surface area contributed by atoms with Gasteiger partial charge in [0.25, 0.3) is 0 Å². The number of anilines is 1. The topological polar surface area (TPSA) is 70.1 Å². The van der Waals surface area contributed by atoms with Crippen LogP contribution in [0.25, 0.3) is 0 Å². The molecule has 0 aromatic carbocycles. The van der Waals surface area contributed by atoms with Crippen LogP contribution in [0.4, 0.5) is 5.69 Å². The summed E-state index contributed by atoms with van der Waals surface area (Å²) in [5.41, 5.74) is 7.40. The minimum Gasteiger partial charge on any atom is -0.461 e. The lowest BCUT2D eigenvalue weighted by atomic mass is 10.1. The fourth-order valence-electron chi connectivity index (χ4n) is 1.50. The molecule has 0 amide bonds. The highest BCUT2D eigenvalue weighted by molar-refractivity contribution is 5.93. The third-order valence-corrected chi connectivity index (χ3v) is 2.88. The van der Waals surface area contributed by atoms with Gasteiger partial charge in [0.1, 0.15) is 0 Å². The molecule has 17 heavy (non-hydrogen) atoms. The van der Waals surface area contributed by atoms with E-state index in [1.807, 2.05) is 13.8 Å². The number of nitrogens with two attached hydrogens (primary N) is 1. The number of aromatic nitrogens is 2. The van der Waals surface area contributed by atoms with Gasteiger partial charge in [-0.05, 0) is 12.3 Å². The van der Waals surface area contributed by atoms with Crippen molar-refractivity contribution in [3.63, 3.8) is 0 Å². The Kier molecular flexibility index (Phi) is 4.54. The zero-order valence-electron chi connectivity index (χ0n) is 11.0. The lowest BCUT2D eigenvalue weighted by Crippen LogP contribution is -2.16. The summed E-state index contributed by atoms with van der Waals surface area (Å²) in [5.74, 6) is -0.0310. The summed E-state index contributed by atoms with van der Waals surface area (Å²) >= 11 is 0. The summed E-state index contributed by atoms with van der Waals surface area (Å²) in [6, 6.07) is 0. The quantitative estimate of drug-likeness (QED) is 0.795. The number of carbonyl (C=O) groups is 1. The SMILES string of the molecule is CCc1nn(C)c(C(=O)OCC(C)CC)c1N. The normalized spacial score (nSPS) is 12.5. The molecule has 0 fully saturated rings. The molecule has 96 valence electrons. The van der Waals surface area contributed by atoms with Crippen LogP contribution in [-0.2, 0) is 18.2 Å². The third-order valence-electron chi connectivity index (χ3n) is 2.88. The van der Waals surface area contributed by atoms with Crippen molar-refractivity contribution >= 4 is 11.7 Å². The van der Waals surface area contributed by atoms with Gasteiger partial charge in [0, 0.05) is 7.05 Å². The largest absolute Gasteiger partial charge is 0.461 e. The van der Waals surface area contributed by atoms with Crippen molar-refractivity contribution in [1.29, 1.82) is 0 Å². The summed E-state index contributed by atoms with van der Waals surface area (Å²) in [7, 11) is 1.70. The van der Waals surface area contributed by atoms with E-state index in [1.165, 1.54) is 4.68 Å². The van der Waals surface area contributed by atoms with Gasteiger partial charge in [0.2, 0.25) is 0 Å². The Labute approximate surface area is 102 Å². The molecule has 2 N–H and O–H groups in total. The van der Waals surface area contributed by atoms with Crippen molar-refractivity contribution in [1.82, 2.24) is 9.78 Å². The monoisotopic (exact) mass is 239 g/mol. The van der Waals surface area contributed by atoms with E-state index in [2.05, 4.69) is 12.0 Å². The molecule has 5 nitrogen and oxygen atoms in total. The molecule has 1 unspecified atom stereocenters. The second-order valence-corrected chi connectivity index (χ2v) is 4.30. The van der Waals surface area contributed by atoms with Crippen molar-refractivity contribution in [3.05, 3.63) is 11.4 Å². The lowest BCUT2D eigenvalue weighted by molar-refractivity contribution is 0.0435. The standard InChI is InChI=1S/C12H21N3O2/c1-5-8(3)7-17-12(16)11-10(13)9(6-2)14-15(11)4/h8H,5-7,13H2,1-4H3. The van der Waals surface area contributed by atoms with Gasteiger partial charge >= 0.3 is 5.97 Å². The number of esters is 1. The van der Waals surface area contributed by atoms with E-state index < -0.39 is 5.97 Å². The van der Waals surface area contributed by atoms with Gasteiger partial charge in [-0.2, -0.15) is 5.10 Å². The maximum absolute atomic E-state index is 11.9. The summed E-state index contributed by atoms with van der Waals surface area (Å²) in [6.45, 7) is 6.47. The highest BCUT2D eigenvalue weighted by atomic mass is 16.5. The minimum atomic E-state index is -0.391. The highest BCUT2D eigenvalue weighted by Crippen LogP contribution is 2.18. The van der Waals surface area contributed by atoms with E-state index >= 15 is 0 Å². The van der Waals surface area contributed by atoms with E-state index in [-0.39, 0.29) is 0 Å². The fraction of sp³-hybridized carbons (Fsp3) is 0.667. The van der Waals surface area contributed by atoms with Gasteiger partial charge in [-0.1, -0.05) is 27.2 Å². The Morgan fingerprint density at radius 2 is 2.18 bits per heavy atom. The molecule has 5 heteroatoms. The number of aryl methyl sites for hydroxylation is 2. The van der Waals surface area contributed by atoms with Gasteiger partial charge in [-0.25, -0.2) is 4.79 Å². The van der Waals surface area contributed by atoms with Gasteiger partial charge in [0.05, 0.1) is 18.0 Å². The molecule has 0 saturated heterocycles. The number of nitrogens with zero attached hydrogens (tertiary/aromatic N) is 2. The Balaban J connectivity index is 2.78.